The topological polar surface area (TPSA) is 69.9 Å². The molecule has 1 aromatic carbocycles. The summed E-state index contributed by atoms with van der Waals surface area (Å²) >= 11 is 0. The average molecular weight is 268 g/mol. The Morgan fingerprint density at radius 2 is 1.95 bits per heavy atom. The van der Waals surface area contributed by atoms with Crippen molar-refractivity contribution in [3.8, 4) is 22.5 Å². The van der Waals surface area contributed by atoms with E-state index in [9.17, 15) is 0 Å². The van der Waals surface area contributed by atoms with Crippen molar-refractivity contribution < 1.29 is 4.52 Å². The fourth-order valence-corrected chi connectivity index (χ4v) is 2.19. The molecule has 0 aliphatic carbocycles. The van der Waals surface area contributed by atoms with Gasteiger partial charge >= 0.3 is 0 Å². The highest BCUT2D eigenvalue weighted by Crippen LogP contribution is 2.36. The highest BCUT2D eigenvalue weighted by molar-refractivity contribution is 5.85. The number of hydrogen-bond donors (Lipinski definition) is 1. The summed E-state index contributed by atoms with van der Waals surface area (Å²) < 4.78 is 6.89. The van der Waals surface area contributed by atoms with Crippen molar-refractivity contribution in [3.63, 3.8) is 0 Å². The summed E-state index contributed by atoms with van der Waals surface area (Å²) in [6, 6.07) is 8.07. The number of anilines is 1. The molecule has 0 saturated heterocycles. The van der Waals surface area contributed by atoms with E-state index < -0.39 is 0 Å². The molecule has 102 valence electrons. The zero-order valence-electron chi connectivity index (χ0n) is 11.7. The standard InChI is InChI=1S/C15H16N4O/c1-9-4-5-11(8-10(9)2)13-14(18-20-15(13)16)12-6-7-19(3)17-12/h4-8H,16H2,1-3H3. The molecule has 3 rings (SSSR count). The van der Waals surface area contributed by atoms with Crippen LogP contribution in [0.3, 0.4) is 0 Å². The lowest BCUT2D eigenvalue weighted by molar-refractivity contribution is 0.439. The van der Waals surface area contributed by atoms with Gasteiger partial charge < -0.3 is 10.3 Å². The summed E-state index contributed by atoms with van der Waals surface area (Å²) in [5, 5.41) is 8.41. The van der Waals surface area contributed by atoms with Crippen LogP contribution >= 0.6 is 0 Å². The van der Waals surface area contributed by atoms with Gasteiger partial charge in [0.1, 0.15) is 11.4 Å². The molecule has 2 heterocycles. The van der Waals surface area contributed by atoms with Gasteiger partial charge in [0, 0.05) is 13.2 Å². The fourth-order valence-electron chi connectivity index (χ4n) is 2.19. The predicted octanol–water partition coefficient (Wildman–Crippen LogP) is 2.94. The number of nitrogens with zero attached hydrogens (tertiary/aromatic N) is 3. The van der Waals surface area contributed by atoms with Crippen molar-refractivity contribution in [3.05, 3.63) is 41.6 Å². The molecule has 0 unspecified atom stereocenters. The lowest BCUT2D eigenvalue weighted by Gasteiger charge is -2.05. The van der Waals surface area contributed by atoms with Gasteiger partial charge in [-0.1, -0.05) is 23.4 Å². The van der Waals surface area contributed by atoms with Crippen LogP contribution in [0.15, 0.2) is 35.0 Å². The van der Waals surface area contributed by atoms with Crippen LogP contribution in [0, 0.1) is 13.8 Å². The van der Waals surface area contributed by atoms with Gasteiger partial charge in [-0.25, -0.2) is 0 Å². The van der Waals surface area contributed by atoms with Crippen LogP contribution in [0.1, 0.15) is 11.1 Å². The number of aromatic nitrogens is 3. The molecule has 5 nitrogen and oxygen atoms in total. The van der Waals surface area contributed by atoms with Crippen molar-refractivity contribution in [1.82, 2.24) is 14.9 Å². The largest absolute Gasteiger partial charge is 0.367 e. The Balaban J connectivity index is 2.18. The van der Waals surface area contributed by atoms with Crippen molar-refractivity contribution >= 4 is 5.88 Å². The Hall–Kier alpha value is -2.56. The van der Waals surface area contributed by atoms with Gasteiger partial charge in [-0.15, -0.1) is 0 Å². The minimum atomic E-state index is 0.314. The molecule has 0 radical (unpaired) electrons. The second kappa shape index (κ2) is 4.52. The maximum atomic E-state index is 5.94. The zero-order chi connectivity index (χ0) is 14.3. The van der Waals surface area contributed by atoms with Crippen LogP contribution in [0.5, 0.6) is 0 Å². The Bertz CT molecular complexity index is 770. The van der Waals surface area contributed by atoms with E-state index in [0.717, 1.165) is 16.8 Å². The van der Waals surface area contributed by atoms with E-state index in [1.807, 2.05) is 25.4 Å². The van der Waals surface area contributed by atoms with Crippen molar-refractivity contribution in [2.45, 2.75) is 13.8 Å². The first-order valence-electron chi connectivity index (χ1n) is 6.39. The third-order valence-electron chi connectivity index (χ3n) is 3.47. The van der Waals surface area contributed by atoms with E-state index >= 15 is 0 Å². The molecule has 0 atom stereocenters. The molecule has 0 fully saturated rings. The molecule has 0 aliphatic heterocycles. The van der Waals surface area contributed by atoms with Gasteiger partial charge in [-0.3, -0.25) is 4.68 Å². The van der Waals surface area contributed by atoms with Crippen LogP contribution in [0.2, 0.25) is 0 Å². The highest BCUT2D eigenvalue weighted by Gasteiger charge is 2.19. The molecule has 0 bridgehead atoms. The maximum absolute atomic E-state index is 5.94. The molecular weight excluding hydrogens is 252 g/mol. The highest BCUT2D eigenvalue weighted by atomic mass is 16.5. The normalized spacial score (nSPS) is 10.9. The number of nitrogen functional groups attached to an aromatic ring is 1. The van der Waals surface area contributed by atoms with Gasteiger partial charge in [-0.05, 0) is 36.6 Å². The van der Waals surface area contributed by atoms with Crippen LogP contribution in [-0.2, 0) is 7.05 Å². The second-order valence-corrected chi connectivity index (χ2v) is 4.94. The molecule has 20 heavy (non-hydrogen) atoms. The van der Waals surface area contributed by atoms with E-state index in [2.05, 4.69) is 36.2 Å². The van der Waals surface area contributed by atoms with Crippen LogP contribution in [0.4, 0.5) is 5.88 Å². The minimum Gasteiger partial charge on any atom is -0.367 e. The third kappa shape index (κ3) is 1.97. The fraction of sp³-hybridized carbons (Fsp3) is 0.200. The molecular formula is C15H16N4O. The minimum absolute atomic E-state index is 0.314. The van der Waals surface area contributed by atoms with Crippen LogP contribution in [0.25, 0.3) is 22.5 Å². The molecule has 2 aromatic heterocycles. The molecule has 5 heteroatoms. The number of aryl methyl sites for hydroxylation is 3. The Morgan fingerprint density at radius 3 is 2.60 bits per heavy atom. The van der Waals surface area contributed by atoms with E-state index in [1.54, 1.807) is 4.68 Å². The first-order chi connectivity index (χ1) is 9.56. The molecule has 3 aromatic rings. The number of rotatable bonds is 2. The third-order valence-corrected chi connectivity index (χ3v) is 3.47. The van der Waals surface area contributed by atoms with Gasteiger partial charge in [0.25, 0.3) is 0 Å². The number of benzene rings is 1. The second-order valence-electron chi connectivity index (χ2n) is 4.94. The van der Waals surface area contributed by atoms with Crippen molar-refractivity contribution in [2.24, 2.45) is 7.05 Å². The molecule has 0 spiro atoms. The molecule has 0 saturated carbocycles. The number of hydrogen-bond acceptors (Lipinski definition) is 4. The summed E-state index contributed by atoms with van der Waals surface area (Å²) in [5.41, 5.74) is 11.6. The zero-order valence-corrected chi connectivity index (χ0v) is 11.7. The van der Waals surface area contributed by atoms with Gasteiger partial charge in [-0.2, -0.15) is 5.10 Å². The van der Waals surface area contributed by atoms with E-state index in [-0.39, 0.29) is 0 Å². The summed E-state index contributed by atoms with van der Waals surface area (Å²) in [6.45, 7) is 4.15. The summed E-state index contributed by atoms with van der Waals surface area (Å²) in [4.78, 5) is 0. The van der Waals surface area contributed by atoms with Crippen LogP contribution in [-0.4, -0.2) is 14.9 Å². The van der Waals surface area contributed by atoms with Gasteiger partial charge in [0.2, 0.25) is 5.88 Å². The first kappa shape index (κ1) is 12.5. The van der Waals surface area contributed by atoms with E-state index in [4.69, 9.17) is 10.3 Å². The molecule has 0 amide bonds. The first-order valence-corrected chi connectivity index (χ1v) is 6.39. The molecule has 0 aliphatic rings. The Kier molecular flexibility index (Phi) is 2.82. The van der Waals surface area contributed by atoms with E-state index in [0.29, 0.717) is 11.6 Å². The lowest BCUT2D eigenvalue weighted by atomic mass is 9.99. The predicted molar refractivity (Wildman–Crippen MR) is 78.0 cm³/mol. The van der Waals surface area contributed by atoms with Crippen molar-refractivity contribution in [1.29, 1.82) is 0 Å². The molecule has 2 N–H and O–H groups in total. The summed E-state index contributed by atoms with van der Waals surface area (Å²) in [7, 11) is 1.86. The Morgan fingerprint density at radius 1 is 1.15 bits per heavy atom. The smallest absolute Gasteiger partial charge is 0.230 e. The monoisotopic (exact) mass is 268 g/mol. The lowest BCUT2D eigenvalue weighted by Crippen LogP contribution is -1.91. The summed E-state index contributed by atoms with van der Waals surface area (Å²) in [6.07, 6.45) is 1.87. The van der Waals surface area contributed by atoms with Crippen LogP contribution < -0.4 is 5.73 Å². The Labute approximate surface area is 117 Å². The SMILES string of the molecule is Cc1ccc(-c2c(-c3ccn(C)n3)noc2N)cc1C. The van der Waals surface area contributed by atoms with Gasteiger partial charge in [0.05, 0.1) is 5.56 Å². The average Bonchev–Trinajstić information content (AvgIpc) is 2.99. The van der Waals surface area contributed by atoms with Crippen molar-refractivity contribution in [2.75, 3.05) is 5.73 Å². The van der Waals surface area contributed by atoms with E-state index in [1.165, 1.54) is 11.1 Å². The quantitative estimate of drug-likeness (QED) is 0.775. The number of nitrogens with two attached hydrogens (primary N) is 1. The van der Waals surface area contributed by atoms with Gasteiger partial charge in [0.15, 0.2) is 0 Å². The maximum Gasteiger partial charge on any atom is 0.230 e. The summed E-state index contributed by atoms with van der Waals surface area (Å²) in [5.74, 6) is 0.314.